The van der Waals surface area contributed by atoms with Gasteiger partial charge in [0.15, 0.2) is 0 Å². The standard InChI is InChI=1S/C25H26ClN3O4S2/c1-28-12-14-29(15-13-28)20-8-4-17(5-9-20)21-16-25(21,24(30)31)27-35(32,33)23-11-10-22(34-23)18-2-6-19(26)7-3-18/h2-11,21,27H,12-16H2,1H3,(H,30,31)/t21-,25?/m0/s1. The summed E-state index contributed by atoms with van der Waals surface area (Å²) in [6.45, 7) is 3.88. The maximum Gasteiger partial charge on any atom is 0.325 e. The van der Waals surface area contributed by atoms with E-state index in [0.29, 0.717) is 5.02 Å². The fourth-order valence-corrected chi connectivity index (χ4v) is 7.41. The van der Waals surface area contributed by atoms with E-state index in [9.17, 15) is 18.3 Å². The predicted molar refractivity (Wildman–Crippen MR) is 139 cm³/mol. The summed E-state index contributed by atoms with van der Waals surface area (Å²) in [5.74, 6) is -1.59. The highest BCUT2D eigenvalue weighted by atomic mass is 35.5. The lowest BCUT2D eigenvalue weighted by molar-refractivity contribution is -0.140. The number of rotatable bonds is 7. The molecule has 0 radical (unpaired) electrons. The van der Waals surface area contributed by atoms with E-state index in [1.165, 1.54) is 6.07 Å². The lowest BCUT2D eigenvalue weighted by Gasteiger charge is -2.34. The molecule has 0 amide bonds. The van der Waals surface area contributed by atoms with Crippen LogP contribution in [0.25, 0.3) is 10.4 Å². The molecular formula is C25H26ClN3O4S2. The molecule has 7 nitrogen and oxygen atoms in total. The average Bonchev–Trinajstić information content (AvgIpc) is 3.33. The normalized spacial score (nSPS) is 22.8. The average molecular weight is 532 g/mol. The van der Waals surface area contributed by atoms with Gasteiger partial charge in [0.2, 0.25) is 0 Å². The minimum Gasteiger partial charge on any atom is -0.480 e. The van der Waals surface area contributed by atoms with Crippen molar-refractivity contribution >= 4 is 44.6 Å². The SMILES string of the molecule is CN1CCN(c2ccc([C@@H]3CC3(NS(=O)(=O)c3ccc(-c4ccc(Cl)cc4)s3)C(=O)O)cc2)CC1. The Kier molecular flexibility index (Phi) is 6.39. The van der Waals surface area contributed by atoms with Gasteiger partial charge in [-0.3, -0.25) is 4.79 Å². The van der Waals surface area contributed by atoms with Crippen LogP contribution in [0, 0.1) is 0 Å². The van der Waals surface area contributed by atoms with Crippen molar-refractivity contribution in [3.8, 4) is 10.4 Å². The van der Waals surface area contributed by atoms with E-state index in [1.54, 1.807) is 18.2 Å². The van der Waals surface area contributed by atoms with Gasteiger partial charge >= 0.3 is 5.97 Å². The summed E-state index contributed by atoms with van der Waals surface area (Å²) in [6.07, 6.45) is 0.213. The zero-order chi connectivity index (χ0) is 24.8. The molecule has 0 spiro atoms. The molecular weight excluding hydrogens is 506 g/mol. The molecule has 1 aliphatic carbocycles. The van der Waals surface area contributed by atoms with Crippen LogP contribution in [-0.2, 0) is 14.8 Å². The number of nitrogens with zero attached hydrogens (tertiary/aromatic N) is 2. The number of thiophene rings is 1. The number of halogens is 1. The Hall–Kier alpha value is -2.43. The van der Waals surface area contributed by atoms with Crippen molar-refractivity contribution in [2.75, 3.05) is 38.1 Å². The second kappa shape index (κ2) is 9.22. The van der Waals surface area contributed by atoms with Gasteiger partial charge < -0.3 is 14.9 Å². The molecule has 1 unspecified atom stereocenters. The molecule has 35 heavy (non-hydrogen) atoms. The Morgan fingerprint density at radius 3 is 2.31 bits per heavy atom. The van der Waals surface area contributed by atoms with Crippen molar-refractivity contribution < 1.29 is 18.3 Å². The molecule has 2 aromatic carbocycles. The third kappa shape index (κ3) is 4.83. The van der Waals surface area contributed by atoms with Crippen LogP contribution in [0.2, 0.25) is 5.02 Å². The summed E-state index contributed by atoms with van der Waals surface area (Å²) < 4.78 is 28.9. The molecule has 2 heterocycles. The van der Waals surface area contributed by atoms with Crippen LogP contribution in [-0.4, -0.2) is 63.2 Å². The van der Waals surface area contributed by atoms with Crippen molar-refractivity contribution in [1.29, 1.82) is 0 Å². The number of likely N-dealkylation sites (N-methyl/N-ethyl adjacent to an activating group) is 1. The predicted octanol–water partition coefficient (Wildman–Crippen LogP) is 4.11. The summed E-state index contributed by atoms with van der Waals surface area (Å²) in [5.41, 5.74) is 1.22. The smallest absolute Gasteiger partial charge is 0.325 e. The second-order valence-electron chi connectivity index (χ2n) is 9.15. The second-order valence-corrected chi connectivity index (χ2v) is 12.6. The number of hydrogen-bond acceptors (Lipinski definition) is 6. The molecule has 0 bridgehead atoms. The van der Waals surface area contributed by atoms with Gasteiger partial charge in [0.25, 0.3) is 10.0 Å². The van der Waals surface area contributed by atoms with Gasteiger partial charge in [-0.1, -0.05) is 35.9 Å². The van der Waals surface area contributed by atoms with E-state index in [4.69, 9.17) is 11.6 Å². The number of carboxylic acid groups (broad SMARTS) is 1. The largest absolute Gasteiger partial charge is 0.480 e. The van der Waals surface area contributed by atoms with E-state index in [2.05, 4.69) is 21.6 Å². The first-order chi connectivity index (χ1) is 16.7. The first kappa shape index (κ1) is 24.3. The summed E-state index contributed by atoms with van der Waals surface area (Å²) >= 11 is 7.04. The number of nitrogens with one attached hydrogen (secondary N) is 1. The maximum absolute atomic E-state index is 13.2. The molecule has 1 saturated heterocycles. The molecule has 2 atom stereocenters. The zero-order valence-corrected chi connectivity index (χ0v) is 21.5. The first-order valence-corrected chi connectivity index (χ1v) is 14.0. The minimum absolute atomic E-state index is 0.0825. The molecule has 2 N–H and O–H groups in total. The topological polar surface area (TPSA) is 90.0 Å². The van der Waals surface area contributed by atoms with E-state index >= 15 is 0 Å². The number of hydrogen-bond donors (Lipinski definition) is 2. The van der Waals surface area contributed by atoms with Gasteiger partial charge in [0.1, 0.15) is 9.75 Å². The van der Waals surface area contributed by atoms with Crippen LogP contribution in [0.15, 0.2) is 64.9 Å². The zero-order valence-electron chi connectivity index (χ0n) is 19.1. The van der Waals surface area contributed by atoms with E-state index in [-0.39, 0.29) is 10.6 Å². The van der Waals surface area contributed by atoms with Crippen LogP contribution in [0.4, 0.5) is 5.69 Å². The Labute approximate surface area is 214 Å². The molecule has 1 aliphatic heterocycles. The fourth-order valence-electron chi connectivity index (χ4n) is 4.56. The highest BCUT2D eigenvalue weighted by Crippen LogP contribution is 2.53. The summed E-state index contributed by atoms with van der Waals surface area (Å²) in [6, 6.07) is 18.2. The van der Waals surface area contributed by atoms with Gasteiger partial charge in [-0.2, -0.15) is 4.72 Å². The highest BCUT2D eigenvalue weighted by Gasteiger charge is 2.63. The van der Waals surface area contributed by atoms with Crippen LogP contribution in [0.1, 0.15) is 17.9 Å². The molecule has 10 heteroatoms. The quantitative estimate of drug-likeness (QED) is 0.477. The molecule has 3 aromatic rings. The molecule has 1 aromatic heterocycles. The fraction of sp³-hybridized carbons (Fsp3) is 0.320. The molecule has 2 aliphatic rings. The minimum atomic E-state index is -4.02. The summed E-state index contributed by atoms with van der Waals surface area (Å²) in [4.78, 5) is 17.6. The Bertz CT molecular complexity index is 1330. The van der Waals surface area contributed by atoms with Crippen molar-refractivity contribution in [3.63, 3.8) is 0 Å². The van der Waals surface area contributed by atoms with Crippen molar-refractivity contribution in [3.05, 3.63) is 71.2 Å². The summed E-state index contributed by atoms with van der Waals surface area (Å²) in [5, 5.41) is 10.6. The van der Waals surface area contributed by atoms with E-state index in [1.807, 2.05) is 36.4 Å². The molecule has 184 valence electrons. The van der Waals surface area contributed by atoms with Crippen LogP contribution >= 0.6 is 22.9 Å². The van der Waals surface area contributed by atoms with Gasteiger partial charge in [0, 0.05) is 47.7 Å². The third-order valence-corrected chi connectivity index (χ3v) is 10.2. The Morgan fingerprint density at radius 2 is 1.69 bits per heavy atom. The van der Waals surface area contributed by atoms with Crippen LogP contribution in [0.3, 0.4) is 0 Å². The van der Waals surface area contributed by atoms with Gasteiger partial charge in [-0.25, -0.2) is 8.42 Å². The molecule has 1 saturated carbocycles. The molecule has 5 rings (SSSR count). The van der Waals surface area contributed by atoms with Gasteiger partial charge in [0.05, 0.1) is 0 Å². The highest BCUT2D eigenvalue weighted by molar-refractivity contribution is 7.91. The van der Waals surface area contributed by atoms with Crippen molar-refractivity contribution in [2.24, 2.45) is 0 Å². The van der Waals surface area contributed by atoms with Crippen molar-refractivity contribution in [1.82, 2.24) is 9.62 Å². The van der Waals surface area contributed by atoms with E-state index < -0.39 is 27.4 Å². The number of aliphatic carboxylic acids is 1. The molecule has 2 fully saturated rings. The Morgan fingerprint density at radius 1 is 1.03 bits per heavy atom. The van der Waals surface area contributed by atoms with Gasteiger partial charge in [-0.15, -0.1) is 11.3 Å². The van der Waals surface area contributed by atoms with Crippen molar-refractivity contribution in [2.45, 2.75) is 22.1 Å². The summed E-state index contributed by atoms with van der Waals surface area (Å²) in [7, 11) is -1.91. The first-order valence-electron chi connectivity index (χ1n) is 11.3. The number of piperazine rings is 1. The number of carboxylic acids is 1. The lowest BCUT2D eigenvalue weighted by Crippen LogP contribution is -2.44. The van der Waals surface area contributed by atoms with Crippen LogP contribution < -0.4 is 9.62 Å². The Balaban J connectivity index is 1.32. The monoisotopic (exact) mass is 531 g/mol. The van der Waals surface area contributed by atoms with Crippen LogP contribution in [0.5, 0.6) is 0 Å². The lowest BCUT2D eigenvalue weighted by atomic mass is 10.1. The van der Waals surface area contributed by atoms with E-state index in [0.717, 1.165) is 59.2 Å². The maximum atomic E-state index is 13.2. The number of carbonyl (C=O) groups is 1. The van der Waals surface area contributed by atoms with Gasteiger partial charge in [-0.05, 0) is 61.0 Å². The number of sulfonamides is 1. The third-order valence-electron chi connectivity index (χ3n) is 6.80. The number of benzene rings is 2. The number of anilines is 1.